The Morgan fingerprint density at radius 2 is 1.09 bits per heavy atom. The Kier molecular flexibility index (Phi) is 9.57. The number of unbranched alkanes of at least 4 members (excludes halogenated alkanes) is 5. The number of fused-ring (bicyclic) bond motifs is 4. The van der Waals surface area contributed by atoms with E-state index >= 15 is 0 Å². The van der Waals surface area contributed by atoms with Gasteiger partial charge < -0.3 is 28.7 Å². The number of hydrogen-bond acceptors (Lipinski definition) is 8. The molecule has 0 spiro atoms. The highest BCUT2D eigenvalue weighted by molar-refractivity contribution is 6.04. The average Bonchev–Trinajstić information content (AvgIpc) is 3.58. The number of hydrogen-bond donors (Lipinski definition) is 0. The van der Waals surface area contributed by atoms with Gasteiger partial charge in [0.2, 0.25) is 0 Å². The molecule has 234 valence electrons. The number of aliphatic imine (C=N–C) groups is 2. The fourth-order valence-corrected chi connectivity index (χ4v) is 6.62. The highest BCUT2D eigenvalue weighted by Gasteiger charge is 2.40. The molecule has 10 heteroatoms. The number of methoxy groups -OCH3 is 2. The molecule has 6 rings (SSSR count). The van der Waals surface area contributed by atoms with Gasteiger partial charge in [-0.05, 0) is 62.1 Å². The zero-order valence-electron chi connectivity index (χ0n) is 25.7. The van der Waals surface area contributed by atoms with Gasteiger partial charge in [0.15, 0.2) is 0 Å². The molecule has 2 unspecified atom stereocenters. The first kappa shape index (κ1) is 30.3. The molecule has 44 heavy (non-hydrogen) atoms. The second-order valence-corrected chi connectivity index (χ2v) is 11.8. The first-order valence-electron chi connectivity index (χ1n) is 15.9. The van der Waals surface area contributed by atoms with E-state index in [1.54, 1.807) is 26.4 Å². The molecule has 4 heterocycles. The fraction of sp³-hybridized carbons (Fsp3) is 0.529. The monoisotopic (exact) mass is 602 g/mol. The number of carbonyl (C=O) groups is 2. The van der Waals surface area contributed by atoms with E-state index in [0.29, 0.717) is 60.3 Å². The van der Waals surface area contributed by atoms with E-state index in [1.165, 1.54) is 0 Å². The summed E-state index contributed by atoms with van der Waals surface area (Å²) in [5.41, 5.74) is 2.53. The Morgan fingerprint density at radius 3 is 1.52 bits per heavy atom. The first-order valence-corrected chi connectivity index (χ1v) is 15.9. The summed E-state index contributed by atoms with van der Waals surface area (Å²) in [5, 5.41) is 0. The molecule has 2 aromatic rings. The topological polar surface area (TPSA) is 102 Å². The maximum absolute atomic E-state index is 13.2. The van der Waals surface area contributed by atoms with Crippen LogP contribution in [0.4, 0.5) is 11.4 Å². The molecular formula is C34H42N4O6. The Balaban J connectivity index is 0.854. The predicted molar refractivity (Wildman–Crippen MR) is 168 cm³/mol. The van der Waals surface area contributed by atoms with Crippen LogP contribution in [0, 0.1) is 0 Å². The molecule has 2 aromatic carbocycles. The van der Waals surface area contributed by atoms with Gasteiger partial charge in [0, 0.05) is 38.7 Å². The number of amides is 2. The van der Waals surface area contributed by atoms with Crippen molar-refractivity contribution < 1.29 is 28.5 Å². The van der Waals surface area contributed by atoms with Gasteiger partial charge in [-0.1, -0.05) is 25.7 Å². The number of carbonyl (C=O) groups excluding carboxylic acids is 2. The maximum atomic E-state index is 13.2. The van der Waals surface area contributed by atoms with Gasteiger partial charge in [-0.15, -0.1) is 0 Å². The van der Waals surface area contributed by atoms with Crippen LogP contribution < -0.4 is 9.47 Å². The van der Waals surface area contributed by atoms with E-state index in [0.717, 1.165) is 51.4 Å². The molecule has 0 saturated carbocycles. The highest BCUT2D eigenvalue weighted by atomic mass is 16.5. The largest absolute Gasteiger partial charge is 0.497 e. The summed E-state index contributed by atoms with van der Waals surface area (Å²) in [4.78, 5) is 39.3. The van der Waals surface area contributed by atoms with E-state index in [1.807, 2.05) is 46.5 Å². The van der Waals surface area contributed by atoms with E-state index in [9.17, 15) is 9.59 Å². The summed E-state index contributed by atoms with van der Waals surface area (Å²) in [7, 11) is 3.20. The lowest BCUT2D eigenvalue weighted by Gasteiger charge is -2.24. The van der Waals surface area contributed by atoms with Crippen molar-refractivity contribution in [2.24, 2.45) is 9.98 Å². The Hall–Kier alpha value is -3.76. The van der Waals surface area contributed by atoms with Crippen LogP contribution in [0.3, 0.4) is 0 Å². The van der Waals surface area contributed by atoms with Gasteiger partial charge in [-0.25, -0.2) is 0 Å². The van der Waals surface area contributed by atoms with E-state index in [2.05, 4.69) is 9.98 Å². The molecule has 2 amide bonds. The molecule has 0 bridgehead atoms. The average molecular weight is 603 g/mol. The molecule has 10 nitrogen and oxygen atoms in total. The quantitative estimate of drug-likeness (QED) is 0.286. The van der Waals surface area contributed by atoms with Gasteiger partial charge in [-0.2, -0.15) is 0 Å². The Bertz CT molecular complexity index is 1300. The third-order valence-corrected chi connectivity index (χ3v) is 9.12. The van der Waals surface area contributed by atoms with Crippen molar-refractivity contribution in [3.63, 3.8) is 0 Å². The maximum Gasteiger partial charge on any atom is 0.256 e. The van der Waals surface area contributed by atoms with Crippen LogP contribution in [0.25, 0.3) is 0 Å². The van der Waals surface area contributed by atoms with Crippen LogP contribution in [0.5, 0.6) is 11.5 Å². The lowest BCUT2D eigenvalue weighted by Crippen LogP contribution is -2.40. The molecule has 0 aliphatic carbocycles. The van der Waals surface area contributed by atoms with Crippen molar-refractivity contribution in [3.05, 3.63) is 47.5 Å². The van der Waals surface area contributed by atoms with Crippen molar-refractivity contribution in [1.82, 2.24) is 9.80 Å². The van der Waals surface area contributed by atoms with Gasteiger partial charge in [0.25, 0.3) is 11.8 Å². The smallest absolute Gasteiger partial charge is 0.256 e. The SMILES string of the molecule is COc1ccc2c(c1)C(=O)N1CCC(OCCCCCCCCOC3CCN4C(=O)c5cc(OC)ccc5N=C[C@@H]34)[C@@H]1C=N2. The lowest BCUT2D eigenvalue weighted by molar-refractivity contribution is 0.0392. The van der Waals surface area contributed by atoms with Crippen LogP contribution >= 0.6 is 0 Å². The Morgan fingerprint density at radius 1 is 0.659 bits per heavy atom. The van der Waals surface area contributed by atoms with Crippen molar-refractivity contribution in [1.29, 1.82) is 0 Å². The molecule has 4 aliphatic heterocycles. The van der Waals surface area contributed by atoms with Gasteiger partial charge in [-0.3, -0.25) is 19.6 Å². The van der Waals surface area contributed by atoms with Gasteiger partial charge in [0.1, 0.15) is 11.5 Å². The number of nitrogens with zero attached hydrogens (tertiary/aromatic N) is 4. The van der Waals surface area contributed by atoms with Crippen LogP contribution in [0.1, 0.15) is 72.1 Å². The molecule has 0 aromatic heterocycles. The summed E-state index contributed by atoms with van der Waals surface area (Å²) >= 11 is 0. The third-order valence-electron chi connectivity index (χ3n) is 9.12. The first-order chi connectivity index (χ1) is 21.6. The third kappa shape index (κ3) is 6.37. The molecule has 4 aliphatic rings. The standard InChI is InChI=1S/C34H42N4O6/c1-41-23-9-11-27-25(19-23)33(39)37-15-13-31(29(37)21-35-27)43-17-7-5-3-4-6-8-18-44-32-14-16-38-30(32)22-36-28-12-10-24(42-2)20-26(28)34(38)40/h9-12,19-22,29-32H,3-8,13-18H2,1-2H3/t29-,30-,31?,32?/m0/s1. The minimum atomic E-state index is -0.131. The van der Waals surface area contributed by atoms with Crippen molar-refractivity contribution in [2.45, 2.75) is 75.7 Å². The normalized spacial score (nSPS) is 23.6. The number of benzene rings is 2. The number of ether oxygens (including phenoxy) is 4. The van der Waals surface area contributed by atoms with Crippen LogP contribution in [-0.4, -0.2) is 98.9 Å². The second kappa shape index (κ2) is 13.9. The predicted octanol–water partition coefficient (Wildman–Crippen LogP) is 5.38. The number of rotatable bonds is 13. The molecular weight excluding hydrogens is 560 g/mol. The van der Waals surface area contributed by atoms with Crippen molar-refractivity contribution >= 4 is 35.6 Å². The van der Waals surface area contributed by atoms with Crippen molar-refractivity contribution in [2.75, 3.05) is 40.5 Å². The molecule has 0 radical (unpaired) electrons. The molecule has 2 saturated heterocycles. The van der Waals surface area contributed by atoms with Crippen molar-refractivity contribution in [3.8, 4) is 11.5 Å². The van der Waals surface area contributed by atoms with Gasteiger partial charge >= 0.3 is 0 Å². The minimum Gasteiger partial charge on any atom is -0.497 e. The molecule has 4 atom stereocenters. The lowest BCUT2D eigenvalue weighted by atomic mass is 10.1. The summed E-state index contributed by atoms with van der Waals surface area (Å²) < 4.78 is 23.1. The second-order valence-electron chi connectivity index (χ2n) is 11.8. The summed E-state index contributed by atoms with van der Waals surface area (Å²) in [6, 6.07) is 10.6. The van der Waals surface area contributed by atoms with Crippen LogP contribution in [0.15, 0.2) is 46.4 Å². The van der Waals surface area contributed by atoms with Crippen LogP contribution in [-0.2, 0) is 9.47 Å². The fourth-order valence-electron chi connectivity index (χ4n) is 6.62. The van der Waals surface area contributed by atoms with E-state index < -0.39 is 0 Å². The van der Waals surface area contributed by atoms with Gasteiger partial charge in [0.05, 0.1) is 61.0 Å². The zero-order chi connectivity index (χ0) is 30.5. The summed E-state index contributed by atoms with van der Waals surface area (Å²) in [6.07, 6.45) is 11.9. The summed E-state index contributed by atoms with van der Waals surface area (Å²) in [6.45, 7) is 2.73. The minimum absolute atomic E-state index is 0.00999. The zero-order valence-corrected chi connectivity index (χ0v) is 25.7. The van der Waals surface area contributed by atoms with E-state index in [-0.39, 0.29) is 36.1 Å². The highest BCUT2D eigenvalue weighted by Crippen LogP contribution is 2.34. The van der Waals surface area contributed by atoms with Crippen LogP contribution in [0.2, 0.25) is 0 Å². The summed E-state index contributed by atoms with van der Waals surface area (Å²) in [5.74, 6) is 1.30. The molecule has 0 N–H and O–H groups in total. The Labute approximate surface area is 259 Å². The molecule has 2 fully saturated rings. The van der Waals surface area contributed by atoms with E-state index in [4.69, 9.17) is 18.9 Å².